The molecule has 0 atom stereocenters. The number of carbonyl (C=O) groups is 2. The molecule has 0 saturated carbocycles. The summed E-state index contributed by atoms with van der Waals surface area (Å²) >= 11 is 0. The lowest BCUT2D eigenvalue weighted by Crippen LogP contribution is -2.33. The predicted molar refractivity (Wildman–Crippen MR) is 116 cm³/mol. The van der Waals surface area contributed by atoms with E-state index in [1.54, 1.807) is 35.2 Å². The first-order valence-corrected chi connectivity index (χ1v) is 9.87. The number of benzene rings is 3. The molecule has 0 bridgehead atoms. The van der Waals surface area contributed by atoms with Crippen molar-refractivity contribution in [1.82, 2.24) is 4.90 Å². The van der Waals surface area contributed by atoms with Gasteiger partial charge >= 0.3 is 0 Å². The molecule has 0 heterocycles. The summed E-state index contributed by atoms with van der Waals surface area (Å²) in [6.07, 6.45) is 0.568. The summed E-state index contributed by atoms with van der Waals surface area (Å²) < 4.78 is 27.1. The van der Waals surface area contributed by atoms with Crippen molar-refractivity contribution in [1.29, 1.82) is 0 Å². The van der Waals surface area contributed by atoms with Crippen LogP contribution in [0.2, 0.25) is 0 Å². The smallest absolute Gasteiger partial charge is 0.255 e. The summed E-state index contributed by atoms with van der Waals surface area (Å²) in [7, 11) is 0. The minimum Gasteiger partial charge on any atom is -0.334 e. The van der Waals surface area contributed by atoms with Crippen molar-refractivity contribution in [3.63, 3.8) is 0 Å². The van der Waals surface area contributed by atoms with Crippen LogP contribution in [-0.2, 0) is 6.54 Å². The molecule has 7 heteroatoms. The lowest BCUT2D eigenvalue weighted by Gasteiger charge is -2.24. The Bertz CT molecular complexity index is 1070. The maximum atomic E-state index is 13.6. The number of para-hydroxylation sites is 1. The Kier molecular flexibility index (Phi) is 7.45. The Morgan fingerprint density at radius 2 is 1.52 bits per heavy atom. The number of nitrogens with two attached hydrogens (primary N) is 1. The van der Waals surface area contributed by atoms with E-state index in [1.165, 1.54) is 36.4 Å². The molecular formula is C24H23F2N3O2. The highest BCUT2D eigenvalue weighted by Crippen LogP contribution is 2.20. The van der Waals surface area contributed by atoms with Gasteiger partial charge in [-0.25, -0.2) is 8.78 Å². The van der Waals surface area contributed by atoms with E-state index in [0.717, 1.165) is 6.07 Å². The van der Waals surface area contributed by atoms with Crippen molar-refractivity contribution < 1.29 is 18.4 Å². The lowest BCUT2D eigenvalue weighted by atomic mass is 10.1. The molecule has 0 aliphatic rings. The third-order valence-electron chi connectivity index (χ3n) is 4.70. The van der Waals surface area contributed by atoms with Crippen LogP contribution in [0.1, 0.15) is 32.7 Å². The molecule has 160 valence electrons. The van der Waals surface area contributed by atoms with Crippen LogP contribution >= 0.6 is 0 Å². The molecule has 31 heavy (non-hydrogen) atoms. The average Bonchev–Trinajstić information content (AvgIpc) is 2.77. The second-order valence-electron chi connectivity index (χ2n) is 7.00. The van der Waals surface area contributed by atoms with Gasteiger partial charge in [-0.05, 0) is 61.0 Å². The predicted octanol–water partition coefficient (Wildman–Crippen LogP) is 4.21. The van der Waals surface area contributed by atoms with Gasteiger partial charge in [-0.1, -0.05) is 30.3 Å². The van der Waals surface area contributed by atoms with Crippen molar-refractivity contribution in [2.45, 2.75) is 13.0 Å². The molecule has 0 aliphatic carbocycles. The minimum absolute atomic E-state index is 0.186. The molecule has 0 fully saturated rings. The van der Waals surface area contributed by atoms with Crippen LogP contribution in [0, 0.1) is 11.6 Å². The molecule has 3 N–H and O–H groups in total. The van der Waals surface area contributed by atoms with E-state index >= 15 is 0 Å². The largest absolute Gasteiger partial charge is 0.334 e. The maximum Gasteiger partial charge on any atom is 0.255 e. The van der Waals surface area contributed by atoms with Gasteiger partial charge in [0, 0.05) is 29.9 Å². The first-order valence-electron chi connectivity index (χ1n) is 9.87. The first-order chi connectivity index (χ1) is 15.0. The summed E-state index contributed by atoms with van der Waals surface area (Å²) in [6, 6.07) is 17.9. The second kappa shape index (κ2) is 10.4. The summed E-state index contributed by atoms with van der Waals surface area (Å²) in [5, 5.41) is 2.78. The fourth-order valence-electron chi connectivity index (χ4n) is 3.15. The fraction of sp³-hybridized carbons (Fsp3) is 0.167. The molecule has 3 aromatic rings. The monoisotopic (exact) mass is 423 g/mol. The van der Waals surface area contributed by atoms with Crippen molar-refractivity contribution in [2.75, 3.05) is 18.4 Å². The summed E-state index contributed by atoms with van der Waals surface area (Å²) in [6.45, 7) is 0.956. The van der Waals surface area contributed by atoms with E-state index in [1.807, 2.05) is 0 Å². The topological polar surface area (TPSA) is 75.4 Å². The fourth-order valence-corrected chi connectivity index (χ4v) is 3.15. The number of anilines is 1. The molecule has 0 unspecified atom stereocenters. The van der Waals surface area contributed by atoms with Gasteiger partial charge in [-0.15, -0.1) is 0 Å². The van der Waals surface area contributed by atoms with Crippen LogP contribution in [0.5, 0.6) is 0 Å². The van der Waals surface area contributed by atoms with Crippen LogP contribution < -0.4 is 11.1 Å². The normalized spacial score (nSPS) is 10.5. The van der Waals surface area contributed by atoms with E-state index in [4.69, 9.17) is 5.73 Å². The average molecular weight is 423 g/mol. The molecule has 3 aromatic carbocycles. The van der Waals surface area contributed by atoms with Gasteiger partial charge in [-0.2, -0.15) is 0 Å². The Balaban J connectivity index is 1.83. The quantitative estimate of drug-likeness (QED) is 0.570. The number of nitrogens with one attached hydrogen (secondary N) is 1. The van der Waals surface area contributed by atoms with E-state index in [0.29, 0.717) is 30.8 Å². The molecular weight excluding hydrogens is 400 g/mol. The molecule has 0 radical (unpaired) electrons. The zero-order chi connectivity index (χ0) is 22.2. The number of hydrogen-bond acceptors (Lipinski definition) is 3. The molecule has 0 aromatic heterocycles. The maximum absolute atomic E-state index is 13.6. The number of rotatable bonds is 8. The van der Waals surface area contributed by atoms with Gasteiger partial charge in [0.2, 0.25) is 0 Å². The van der Waals surface area contributed by atoms with Crippen molar-refractivity contribution in [3.8, 4) is 0 Å². The highest BCUT2D eigenvalue weighted by atomic mass is 19.1. The zero-order valence-corrected chi connectivity index (χ0v) is 16.9. The number of hydrogen-bond donors (Lipinski definition) is 2. The lowest BCUT2D eigenvalue weighted by molar-refractivity contribution is 0.0742. The summed E-state index contributed by atoms with van der Waals surface area (Å²) in [5.74, 6) is -1.79. The van der Waals surface area contributed by atoms with Gasteiger partial charge in [0.1, 0.15) is 11.6 Å². The Hall–Kier alpha value is -3.58. The van der Waals surface area contributed by atoms with E-state index in [2.05, 4.69) is 5.32 Å². The Morgan fingerprint density at radius 3 is 2.19 bits per heavy atom. The van der Waals surface area contributed by atoms with E-state index in [9.17, 15) is 18.4 Å². The third-order valence-corrected chi connectivity index (χ3v) is 4.70. The molecule has 2 amide bonds. The molecule has 0 saturated heterocycles. The van der Waals surface area contributed by atoms with Crippen LogP contribution in [-0.4, -0.2) is 29.8 Å². The van der Waals surface area contributed by atoms with Crippen molar-refractivity contribution >= 4 is 17.5 Å². The standard InChI is InChI=1S/C24H23F2N3O2/c25-20-9-3-7-17(14-20)23(30)28-22-11-2-1-6-19(22)16-29(13-5-12-27)24(31)18-8-4-10-21(26)15-18/h1-4,6-11,14-15H,5,12-13,16,27H2,(H,28,30). The zero-order valence-electron chi connectivity index (χ0n) is 16.9. The Labute approximate surface area is 179 Å². The highest BCUT2D eigenvalue weighted by molar-refractivity contribution is 6.04. The number of nitrogens with zero attached hydrogens (tertiary/aromatic N) is 1. The van der Waals surface area contributed by atoms with Crippen molar-refractivity contribution in [2.24, 2.45) is 5.73 Å². The molecule has 5 nitrogen and oxygen atoms in total. The Morgan fingerprint density at radius 1 is 0.871 bits per heavy atom. The van der Waals surface area contributed by atoms with Gasteiger partial charge in [0.05, 0.1) is 0 Å². The number of carbonyl (C=O) groups excluding carboxylic acids is 2. The molecule has 3 rings (SSSR count). The van der Waals surface area contributed by atoms with Crippen LogP contribution in [0.3, 0.4) is 0 Å². The SMILES string of the molecule is NCCCN(Cc1ccccc1NC(=O)c1cccc(F)c1)C(=O)c1cccc(F)c1. The highest BCUT2D eigenvalue weighted by Gasteiger charge is 2.18. The van der Waals surface area contributed by atoms with Crippen molar-refractivity contribution in [3.05, 3.63) is 101 Å². The second-order valence-corrected chi connectivity index (χ2v) is 7.00. The number of halogens is 2. The minimum atomic E-state index is -0.505. The number of amides is 2. The van der Waals surface area contributed by atoms with Crippen LogP contribution in [0.15, 0.2) is 72.8 Å². The molecule has 0 aliphatic heterocycles. The van der Waals surface area contributed by atoms with Crippen LogP contribution in [0.25, 0.3) is 0 Å². The van der Waals surface area contributed by atoms with Crippen LogP contribution in [0.4, 0.5) is 14.5 Å². The summed E-state index contributed by atoms with van der Waals surface area (Å²) in [4.78, 5) is 27.1. The van der Waals surface area contributed by atoms with E-state index < -0.39 is 17.5 Å². The third kappa shape index (κ3) is 5.96. The van der Waals surface area contributed by atoms with Gasteiger partial charge in [-0.3, -0.25) is 9.59 Å². The molecule has 0 spiro atoms. The van der Waals surface area contributed by atoms with Gasteiger partial charge < -0.3 is 16.0 Å². The van der Waals surface area contributed by atoms with Gasteiger partial charge in [0.15, 0.2) is 0 Å². The summed E-state index contributed by atoms with van der Waals surface area (Å²) in [5.41, 5.74) is 7.23. The first kappa shape index (κ1) is 22.1. The van der Waals surface area contributed by atoms with Gasteiger partial charge in [0.25, 0.3) is 11.8 Å². The van der Waals surface area contributed by atoms with E-state index in [-0.39, 0.29) is 23.6 Å².